The number of aromatic nitrogens is 3. The molecule has 0 radical (unpaired) electrons. The van der Waals surface area contributed by atoms with Crippen LogP contribution < -0.4 is 5.32 Å². The number of fused-ring (bicyclic) bond motifs is 3. The summed E-state index contributed by atoms with van der Waals surface area (Å²) in [5.74, 6) is 0.0609. The molecule has 2 aromatic heterocycles. The Bertz CT molecular complexity index is 1370. The van der Waals surface area contributed by atoms with E-state index in [0.717, 1.165) is 55.2 Å². The van der Waals surface area contributed by atoms with Crippen LogP contribution in [0, 0.1) is 0 Å². The van der Waals surface area contributed by atoms with Crippen molar-refractivity contribution in [2.24, 2.45) is 7.05 Å². The van der Waals surface area contributed by atoms with Crippen LogP contribution in [0.5, 0.6) is 0 Å². The number of hydrogen-bond donors (Lipinski definition) is 1. The van der Waals surface area contributed by atoms with Gasteiger partial charge >= 0.3 is 0 Å². The minimum absolute atomic E-state index is 0.0609. The first-order chi connectivity index (χ1) is 16.7. The lowest BCUT2D eigenvalue weighted by molar-refractivity contribution is 0.0726. The molecule has 2 aliphatic rings. The Hall–Kier alpha value is -3.51. The van der Waals surface area contributed by atoms with Crippen molar-refractivity contribution in [2.45, 2.75) is 44.8 Å². The molecule has 0 saturated heterocycles. The first kappa shape index (κ1) is 21.1. The minimum atomic E-state index is 0.0609. The summed E-state index contributed by atoms with van der Waals surface area (Å²) in [6.07, 6.45) is 5.66. The van der Waals surface area contributed by atoms with Gasteiger partial charge in [-0.25, -0.2) is 0 Å². The number of aryl methyl sites for hydroxylation is 1. The Balaban J connectivity index is 1.17. The molecule has 1 unspecified atom stereocenters. The highest BCUT2D eigenvalue weighted by Gasteiger charge is 2.31. The highest BCUT2D eigenvalue weighted by molar-refractivity contribution is 5.94. The van der Waals surface area contributed by atoms with Crippen LogP contribution in [0.1, 0.15) is 44.9 Å². The van der Waals surface area contributed by atoms with Crippen LogP contribution in [-0.4, -0.2) is 38.2 Å². The smallest absolute Gasteiger partial charge is 0.274 e. The monoisotopic (exact) mass is 451 g/mol. The quantitative estimate of drug-likeness (QED) is 0.513. The number of hydrogen-bond acceptors (Lipinski definition) is 4. The van der Waals surface area contributed by atoms with Gasteiger partial charge in [0.05, 0.1) is 5.52 Å². The molecule has 1 aliphatic heterocycles. The summed E-state index contributed by atoms with van der Waals surface area (Å²) < 4.78 is 1.92. The van der Waals surface area contributed by atoms with E-state index >= 15 is 0 Å². The summed E-state index contributed by atoms with van der Waals surface area (Å²) in [6, 6.07) is 19.2. The van der Waals surface area contributed by atoms with Gasteiger partial charge in [0.2, 0.25) is 0 Å². The first-order valence-electron chi connectivity index (χ1n) is 12.1. The lowest BCUT2D eigenvalue weighted by Crippen LogP contribution is -2.38. The molecule has 0 bridgehead atoms. The standard InChI is InChI=1S/C28H29N5O/c1-32-26-11-10-23(29-16-19-14-21-7-4-5-9-25(21)30-17-19)15-24(26)27(31-32)28(34)33-13-12-20-6-2-3-8-22(20)18-33/h2-9,14,17,23,29H,10-13,15-16,18H2,1H3. The normalized spacial score (nSPS) is 17.4. The van der Waals surface area contributed by atoms with E-state index in [1.54, 1.807) is 0 Å². The molecule has 4 aromatic rings. The van der Waals surface area contributed by atoms with E-state index in [0.29, 0.717) is 18.3 Å². The number of nitrogens with zero attached hydrogens (tertiary/aromatic N) is 4. The van der Waals surface area contributed by atoms with Crippen molar-refractivity contribution >= 4 is 16.8 Å². The largest absolute Gasteiger partial charge is 0.333 e. The Kier molecular flexibility index (Phi) is 5.38. The van der Waals surface area contributed by atoms with Crippen LogP contribution in [-0.2, 0) is 39.4 Å². The lowest BCUT2D eigenvalue weighted by Gasteiger charge is -2.29. The molecule has 3 heterocycles. The zero-order valence-corrected chi connectivity index (χ0v) is 19.5. The van der Waals surface area contributed by atoms with Gasteiger partial charge in [0.15, 0.2) is 5.69 Å². The van der Waals surface area contributed by atoms with Gasteiger partial charge in [-0.2, -0.15) is 5.10 Å². The van der Waals surface area contributed by atoms with Crippen LogP contribution in [0.2, 0.25) is 0 Å². The van der Waals surface area contributed by atoms with Gasteiger partial charge in [0.25, 0.3) is 5.91 Å². The number of amides is 1. The van der Waals surface area contributed by atoms with Crippen LogP contribution in [0.15, 0.2) is 60.8 Å². The lowest BCUT2D eigenvalue weighted by atomic mass is 9.90. The SMILES string of the molecule is Cn1nc(C(=O)N2CCc3ccccc3C2)c2c1CCC(NCc1cnc3ccccc3c1)C2. The third kappa shape index (κ3) is 3.88. The molecule has 2 aromatic carbocycles. The van der Waals surface area contributed by atoms with E-state index in [2.05, 4.69) is 46.7 Å². The van der Waals surface area contributed by atoms with E-state index in [9.17, 15) is 4.79 Å². The molecule has 1 atom stereocenters. The van der Waals surface area contributed by atoms with E-state index in [1.165, 1.54) is 22.4 Å². The summed E-state index contributed by atoms with van der Waals surface area (Å²) in [5, 5.41) is 9.57. The average molecular weight is 452 g/mol. The molecule has 1 amide bonds. The molecule has 1 N–H and O–H groups in total. The third-order valence-electron chi connectivity index (χ3n) is 7.32. The number of para-hydroxylation sites is 1. The fraction of sp³-hybridized carbons (Fsp3) is 0.321. The first-order valence-corrected chi connectivity index (χ1v) is 12.1. The van der Waals surface area contributed by atoms with Crippen LogP contribution in [0.3, 0.4) is 0 Å². The Morgan fingerprint density at radius 3 is 2.82 bits per heavy atom. The molecule has 0 spiro atoms. The van der Waals surface area contributed by atoms with Crippen molar-refractivity contribution in [3.8, 4) is 0 Å². The second-order valence-corrected chi connectivity index (χ2v) is 9.50. The van der Waals surface area contributed by atoms with Crippen molar-refractivity contribution < 1.29 is 4.79 Å². The van der Waals surface area contributed by atoms with Gasteiger partial charge in [-0.3, -0.25) is 14.5 Å². The highest BCUT2D eigenvalue weighted by Crippen LogP contribution is 2.27. The third-order valence-corrected chi connectivity index (χ3v) is 7.32. The van der Waals surface area contributed by atoms with Crippen LogP contribution >= 0.6 is 0 Å². The van der Waals surface area contributed by atoms with Gasteiger partial charge in [0, 0.05) is 55.6 Å². The molecule has 0 fully saturated rings. The molecular weight excluding hydrogens is 422 g/mol. The van der Waals surface area contributed by atoms with Gasteiger partial charge in [-0.15, -0.1) is 0 Å². The Labute approximate surface area is 199 Å². The number of rotatable bonds is 4. The van der Waals surface area contributed by atoms with E-state index in [1.807, 2.05) is 41.0 Å². The van der Waals surface area contributed by atoms with Crippen molar-refractivity contribution in [1.29, 1.82) is 0 Å². The van der Waals surface area contributed by atoms with Gasteiger partial charge < -0.3 is 10.2 Å². The van der Waals surface area contributed by atoms with Crippen LogP contribution in [0.4, 0.5) is 0 Å². The number of carbonyl (C=O) groups excluding carboxylic acids is 1. The van der Waals surface area contributed by atoms with Crippen LogP contribution in [0.25, 0.3) is 10.9 Å². The number of pyridine rings is 1. The molecule has 34 heavy (non-hydrogen) atoms. The minimum Gasteiger partial charge on any atom is -0.333 e. The van der Waals surface area contributed by atoms with E-state index in [4.69, 9.17) is 5.10 Å². The van der Waals surface area contributed by atoms with Gasteiger partial charge in [-0.1, -0.05) is 42.5 Å². The summed E-state index contributed by atoms with van der Waals surface area (Å²) >= 11 is 0. The summed E-state index contributed by atoms with van der Waals surface area (Å²) in [5.41, 5.74) is 7.75. The van der Waals surface area contributed by atoms with Gasteiger partial charge in [-0.05, 0) is 54.5 Å². The van der Waals surface area contributed by atoms with Crippen molar-refractivity contribution in [2.75, 3.05) is 6.54 Å². The molecule has 6 rings (SSSR count). The second kappa shape index (κ2) is 8.69. The molecular formula is C28H29N5O. The topological polar surface area (TPSA) is 63.1 Å². The Morgan fingerprint density at radius 1 is 1.09 bits per heavy atom. The Morgan fingerprint density at radius 2 is 1.91 bits per heavy atom. The molecule has 172 valence electrons. The number of nitrogens with one attached hydrogen (secondary N) is 1. The molecule has 0 saturated carbocycles. The predicted molar refractivity (Wildman–Crippen MR) is 132 cm³/mol. The fourth-order valence-corrected chi connectivity index (χ4v) is 5.43. The summed E-state index contributed by atoms with van der Waals surface area (Å²) in [7, 11) is 1.97. The fourth-order valence-electron chi connectivity index (χ4n) is 5.43. The van der Waals surface area contributed by atoms with Crippen molar-refractivity contribution in [3.63, 3.8) is 0 Å². The van der Waals surface area contributed by atoms with Gasteiger partial charge in [0.1, 0.15) is 0 Å². The van der Waals surface area contributed by atoms with Crippen molar-refractivity contribution in [3.05, 3.63) is 94.4 Å². The molecule has 1 aliphatic carbocycles. The maximum Gasteiger partial charge on any atom is 0.274 e. The second-order valence-electron chi connectivity index (χ2n) is 9.50. The molecule has 6 heteroatoms. The van der Waals surface area contributed by atoms with E-state index in [-0.39, 0.29) is 5.91 Å². The zero-order valence-electron chi connectivity index (χ0n) is 19.5. The number of carbonyl (C=O) groups is 1. The summed E-state index contributed by atoms with van der Waals surface area (Å²) in [6.45, 7) is 2.18. The zero-order chi connectivity index (χ0) is 23.1. The van der Waals surface area contributed by atoms with Crippen molar-refractivity contribution in [1.82, 2.24) is 25.0 Å². The highest BCUT2D eigenvalue weighted by atomic mass is 16.2. The van der Waals surface area contributed by atoms with E-state index < -0.39 is 0 Å². The summed E-state index contributed by atoms with van der Waals surface area (Å²) in [4.78, 5) is 20.1. The maximum absolute atomic E-state index is 13.5. The molecule has 6 nitrogen and oxygen atoms in total. The number of benzene rings is 2. The predicted octanol–water partition coefficient (Wildman–Crippen LogP) is 3.81. The average Bonchev–Trinajstić information content (AvgIpc) is 3.22. The maximum atomic E-state index is 13.5.